The van der Waals surface area contributed by atoms with Gasteiger partial charge < -0.3 is 0 Å². The Labute approximate surface area is 155 Å². The molecule has 0 spiro atoms. The summed E-state index contributed by atoms with van der Waals surface area (Å²) in [5, 5.41) is 0. The molecule has 0 aromatic heterocycles. The van der Waals surface area contributed by atoms with Gasteiger partial charge in [0.1, 0.15) is 0 Å². The fourth-order valence-corrected chi connectivity index (χ4v) is 4.13. The lowest BCUT2D eigenvalue weighted by molar-refractivity contribution is 0.213. The van der Waals surface area contributed by atoms with Gasteiger partial charge in [-0.05, 0) is 25.5 Å². The van der Waals surface area contributed by atoms with Gasteiger partial charge in [0.15, 0.2) is 0 Å². The first-order chi connectivity index (χ1) is 12.1. The highest BCUT2D eigenvalue weighted by Crippen LogP contribution is 2.17. The summed E-state index contributed by atoms with van der Waals surface area (Å²) in [6, 6.07) is 8.37. The van der Waals surface area contributed by atoms with Gasteiger partial charge in [-0.25, -0.2) is 0 Å². The summed E-state index contributed by atoms with van der Waals surface area (Å²) in [4.78, 5) is 0.237. The predicted octanol–water partition coefficient (Wildman–Crippen LogP) is 6.48. The van der Waals surface area contributed by atoms with Crippen LogP contribution in [-0.2, 0) is 14.3 Å². The lowest BCUT2D eigenvalue weighted by Gasteiger charge is -2.13. The van der Waals surface area contributed by atoms with E-state index in [-0.39, 0.29) is 11.0 Å². The average Bonchev–Trinajstić information content (AvgIpc) is 2.60. The molecule has 0 amide bonds. The molecule has 1 unspecified atom stereocenters. The molecule has 0 N–H and O–H groups in total. The lowest BCUT2D eigenvalue weighted by atomic mass is 10.0. The smallest absolute Gasteiger partial charge is 0.263 e. The van der Waals surface area contributed by atoms with Gasteiger partial charge in [0.05, 0.1) is 11.0 Å². The summed E-state index contributed by atoms with van der Waals surface area (Å²) in [6.07, 6.45) is 14.8. The topological polar surface area (TPSA) is 43.4 Å². The molecule has 4 heteroatoms. The zero-order valence-corrected chi connectivity index (χ0v) is 16.9. The Morgan fingerprint density at radius 2 is 1.28 bits per heavy atom. The maximum atomic E-state index is 12.1. The van der Waals surface area contributed by atoms with Gasteiger partial charge in [-0.15, -0.1) is 0 Å². The van der Waals surface area contributed by atoms with Gasteiger partial charge in [-0.2, -0.15) is 8.42 Å². The van der Waals surface area contributed by atoms with Gasteiger partial charge in [-0.3, -0.25) is 4.18 Å². The van der Waals surface area contributed by atoms with Crippen LogP contribution in [0.4, 0.5) is 0 Å². The molecule has 0 saturated carbocycles. The van der Waals surface area contributed by atoms with Crippen molar-refractivity contribution in [3.8, 4) is 0 Å². The quantitative estimate of drug-likeness (QED) is 0.263. The second-order valence-electron chi connectivity index (χ2n) is 7.00. The number of benzene rings is 1. The van der Waals surface area contributed by atoms with Crippen LogP contribution in [0.2, 0.25) is 0 Å². The summed E-state index contributed by atoms with van der Waals surface area (Å²) in [5.41, 5.74) is 0. The van der Waals surface area contributed by atoms with Gasteiger partial charge >= 0.3 is 0 Å². The minimum absolute atomic E-state index is 0.237. The summed E-state index contributed by atoms with van der Waals surface area (Å²) < 4.78 is 29.5. The van der Waals surface area contributed by atoms with E-state index in [1.165, 1.54) is 57.8 Å². The van der Waals surface area contributed by atoms with E-state index in [0.717, 1.165) is 19.3 Å². The molecular weight excluding hydrogens is 332 g/mol. The van der Waals surface area contributed by atoms with Crippen molar-refractivity contribution in [2.45, 2.75) is 102 Å². The van der Waals surface area contributed by atoms with E-state index in [1.54, 1.807) is 30.3 Å². The molecule has 0 aliphatic heterocycles. The van der Waals surface area contributed by atoms with Crippen molar-refractivity contribution in [2.24, 2.45) is 0 Å². The van der Waals surface area contributed by atoms with Crippen LogP contribution in [0.5, 0.6) is 0 Å². The van der Waals surface area contributed by atoms with Crippen molar-refractivity contribution in [2.75, 3.05) is 0 Å². The minimum Gasteiger partial charge on any atom is -0.263 e. The van der Waals surface area contributed by atoms with E-state index >= 15 is 0 Å². The lowest BCUT2D eigenvalue weighted by Crippen LogP contribution is -2.15. The van der Waals surface area contributed by atoms with E-state index < -0.39 is 10.1 Å². The molecule has 1 aromatic rings. The summed E-state index contributed by atoms with van der Waals surface area (Å²) in [7, 11) is -3.62. The molecule has 1 aromatic carbocycles. The third kappa shape index (κ3) is 10.7. The van der Waals surface area contributed by atoms with Crippen LogP contribution in [0.1, 0.15) is 90.9 Å². The summed E-state index contributed by atoms with van der Waals surface area (Å²) in [5.74, 6) is 0. The Hall–Kier alpha value is -0.870. The Balaban J connectivity index is 2.03. The van der Waals surface area contributed by atoms with Crippen LogP contribution in [0, 0.1) is 0 Å². The molecule has 0 aliphatic carbocycles. The molecule has 1 rings (SSSR count). The molecule has 0 heterocycles. The Morgan fingerprint density at radius 1 is 0.800 bits per heavy atom. The van der Waals surface area contributed by atoms with Gasteiger partial charge in [-0.1, -0.05) is 95.8 Å². The Bertz CT molecular complexity index is 525. The first kappa shape index (κ1) is 22.2. The maximum absolute atomic E-state index is 12.1. The van der Waals surface area contributed by atoms with Crippen LogP contribution >= 0.6 is 0 Å². The standard InChI is InChI=1S/C21H36O3S/c1-3-4-5-6-7-8-9-10-11-12-14-17-20(2)24-25(22,23)21-18-15-13-16-19-21/h13,15-16,18-20H,3-12,14,17H2,1-2H3. The van der Waals surface area contributed by atoms with Crippen molar-refractivity contribution in [1.82, 2.24) is 0 Å². The maximum Gasteiger partial charge on any atom is 0.297 e. The molecule has 0 fully saturated rings. The number of hydrogen-bond acceptors (Lipinski definition) is 3. The number of hydrogen-bond donors (Lipinski definition) is 0. The van der Waals surface area contributed by atoms with Gasteiger partial charge in [0.25, 0.3) is 10.1 Å². The number of rotatable bonds is 15. The molecule has 0 radical (unpaired) electrons. The molecule has 0 bridgehead atoms. The molecule has 0 saturated heterocycles. The highest BCUT2D eigenvalue weighted by molar-refractivity contribution is 7.86. The van der Waals surface area contributed by atoms with Crippen LogP contribution in [0.3, 0.4) is 0 Å². The van der Waals surface area contributed by atoms with Crippen molar-refractivity contribution < 1.29 is 12.6 Å². The first-order valence-electron chi connectivity index (χ1n) is 10.0. The fraction of sp³-hybridized carbons (Fsp3) is 0.714. The largest absolute Gasteiger partial charge is 0.297 e. The van der Waals surface area contributed by atoms with E-state index in [0.29, 0.717) is 0 Å². The van der Waals surface area contributed by atoms with Crippen LogP contribution < -0.4 is 0 Å². The predicted molar refractivity (Wildman–Crippen MR) is 105 cm³/mol. The van der Waals surface area contributed by atoms with E-state index in [1.807, 2.05) is 6.92 Å². The zero-order valence-electron chi connectivity index (χ0n) is 16.1. The zero-order chi connectivity index (χ0) is 18.4. The molecular formula is C21H36O3S. The third-order valence-electron chi connectivity index (χ3n) is 4.54. The molecule has 1 atom stereocenters. The monoisotopic (exact) mass is 368 g/mol. The van der Waals surface area contributed by atoms with Crippen molar-refractivity contribution in [3.63, 3.8) is 0 Å². The normalized spacial score (nSPS) is 13.0. The van der Waals surface area contributed by atoms with Crippen LogP contribution in [0.25, 0.3) is 0 Å². The number of unbranched alkanes of at least 4 members (excludes halogenated alkanes) is 10. The van der Waals surface area contributed by atoms with Crippen LogP contribution in [0.15, 0.2) is 35.2 Å². The second-order valence-corrected chi connectivity index (χ2v) is 8.57. The summed E-state index contributed by atoms with van der Waals surface area (Å²) >= 11 is 0. The van der Waals surface area contributed by atoms with Gasteiger partial charge in [0.2, 0.25) is 0 Å². The highest BCUT2D eigenvalue weighted by atomic mass is 32.2. The second kappa shape index (κ2) is 13.3. The van der Waals surface area contributed by atoms with Crippen molar-refractivity contribution in [1.29, 1.82) is 0 Å². The van der Waals surface area contributed by atoms with E-state index in [9.17, 15) is 8.42 Å². The fourth-order valence-electron chi connectivity index (χ4n) is 3.00. The van der Waals surface area contributed by atoms with E-state index in [4.69, 9.17) is 4.18 Å². The molecule has 0 aliphatic rings. The third-order valence-corrected chi connectivity index (χ3v) is 5.97. The molecule has 3 nitrogen and oxygen atoms in total. The molecule has 25 heavy (non-hydrogen) atoms. The average molecular weight is 369 g/mol. The Morgan fingerprint density at radius 3 is 1.80 bits per heavy atom. The van der Waals surface area contributed by atoms with Crippen molar-refractivity contribution >= 4 is 10.1 Å². The Kier molecular flexibility index (Phi) is 11.8. The SMILES string of the molecule is CCCCCCCCCCCCCC(C)OS(=O)(=O)c1ccccc1. The first-order valence-corrected chi connectivity index (χ1v) is 11.5. The molecule has 144 valence electrons. The highest BCUT2D eigenvalue weighted by Gasteiger charge is 2.18. The summed E-state index contributed by atoms with van der Waals surface area (Å²) in [6.45, 7) is 4.10. The minimum atomic E-state index is -3.62. The van der Waals surface area contributed by atoms with Crippen molar-refractivity contribution in [3.05, 3.63) is 30.3 Å². The van der Waals surface area contributed by atoms with Crippen LogP contribution in [-0.4, -0.2) is 14.5 Å². The van der Waals surface area contributed by atoms with Gasteiger partial charge in [0, 0.05) is 0 Å². The van der Waals surface area contributed by atoms with E-state index in [2.05, 4.69) is 6.92 Å².